The average Bonchev–Trinajstić information content (AvgIpc) is 2.77. The Balaban J connectivity index is 2.29. The molecule has 0 fully saturated rings. The second kappa shape index (κ2) is 5.02. The van der Waals surface area contributed by atoms with Crippen molar-refractivity contribution in [3.63, 3.8) is 0 Å². The first-order valence-electron chi connectivity index (χ1n) is 6.39. The number of pyridine rings is 1. The Hall–Kier alpha value is -2.27. The van der Waals surface area contributed by atoms with Crippen LogP contribution in [0.1, 0.15) is 5.56 Å². The van der Waals surface area contributed by atoms with E-state index in [2.05, 4.69) is 9.97 Å². The first-order chi connectivity index (χ1) is 9.70. The van der Waals surface area contributed by atoms with Crippen LogP contribution in [0.4, 0.5) is 4.39 Å². The molecular formula is C15H14FN3O. The van der Waals surface area contributed by atoms with Gasteiger partial charge in [-0.2, -0.15) is 0 Å². The summed E-state index contributed by atoms with van der Waals surface area (Å²) >= 11 is 0. The van der Waals surface area contributed by atoms with Gasteiger partial charge in [0.2, 0.25) is 0 Å². The molecule has 2 heterocycles. The van der Waals surface area contributed by atoms with E-state index in [1.165, 1.54) is 6.07 Å². The number of aliphatic hydroxyl groups is 1. The summed E-state index contributed by atoms with van der Waals surface area (Å²) in [4.78, 5) is 8.81. The van der Waals surface area contributed by atoms with Crippen molar-refractivity contribution in [1.29, 1.82) is 0 Å². The zero-order valence-electron chi connectivity index (χ0n) is 11.0. The predicted octanol–water partition coefficient (Wildman–Crippen LogP) is 2.54. The van der Waals surface area contributed by atoms with E-state index in [1.54, 1.807) is 29.0 Å². The van der Waals surface area contributed by atoms with Gasteiger partial charge in [0.05, 0.1) is 12.2 Å². The lowest BCUT2D eigenvalue weighted by molar-refractivity contribution is 0.278. The van der Waals surface area contributed by atoms with Crippen LogP contribution in [-0.4, -0.2) is 26.2 Å². The molecule has 0 spiro atoms. The number of aromatic nitrogens is 3. The Morgan fingerprint density at radius 2 is 2.10 bits per heavy atom. The van der Waals surface area contributed by atoms with E-state index in [9.17, 15) is 9.50 Å². The topological polar surface area (TPSA) is 50.9 Å². The maximum absolute atomic E-state index is 14.0. The average molecular weight is 271 g/mol. The highest BCUT2D eigenvalue weighted by molar-refractivity contribution is 5.77. The van der Waals surface area contributed by atoms with Crippen LogP contribution < -0.4 is 0 Å². The Morgan fingerprint density at radius 1 is 1.30 bits per heavy atom. The van der Waals surface area contributed by atoms with Crippen molar-refractivity contribution >= 4 is 11.2 Å². The van der Waals surface area contributed by atoms with Crippen LogP contribution in [0.3, 0.4) is 0 Å². The number of halogens is 1. The molecule has 3 rings (SSSR count). The van der Waals surface area contributed by atoms with Crippen molar-refractivity contribution in [2.75, 3.05) is 6.61 Å². The molecule has 1 N–H and O–H groups in total. The molecule has 102 valence electrons. The summed E-state index contributed by atoms with van der Waals surface area (Å²) in [6.45, 7) is 2.21. The number of imidazole rings is 1. The van der Waals surface area contributed by atoms with Gasteiger partial charge in [-0.05, 0) is 30.7 Å². The molecule has 0 unspecified atom stereocenters. The molecule has 20 heavy (non-hydrogen) atoms. The molecule has 5 heteroatoms. The van der Waals surface area contributed by atoms with E-state index in [0.717, 1.165) is 5.56 Å². The number of rotatable bonds is 3. The monoisotopic (exact) mass is 271 g/mol. The van der Waals surface area contributed by atoms with Gasteiger partial charge in [0.15, 0.2) is 5.65 Å². The third-order valence-corrected chi connectivity index (χ3v) is 3.16. The molecule has 3 aromatic rings. The molecule has 0 saturated heterocycles. The van der Waals surface area contributed by atoms with Crippen LogP contribution in [0, 0.1) is 12.7 Å². The normalized spacial score (nSPS) is 11.2. The molecule has 2 aromatic heterocycles. The lowest BCUT2D eigenvalue weighted by atomic mass is 10.2. The molecule has 0 aliphatic carbocycles. The summed E-state index contributed by atoms with van der Waals surface area (Å²) in [6, 6.07) is 8.38. The third kappa shape index (κ3) is 2.06. The van der Waals surface area contributed by atoms with Crippen molar-refractivity contribution in [3.05, 3.63) is 47.9 Å². The second-order valence-corrected chi connectivity index (χ2v) is 4.65. The minimum Gasteiger partial charge on any atom is -0.395 e. The fourth-order valence-electron chi connectivity index (χ4n) is 2.27. The maximum Gasteiger partial charge on any atom is 0.160 e. The summed E-state index contributed by atoms with van der Waals surface area (Å²) in [5, 5.41) is 9.22. The highest BCUT2D eigenvalue weighted by atomic mass is 19.1. The van der Waals surface area contributed by atoms with Gasteiger partial charge in [-0.1, -0.05) is 12.1 Å². The Morgan fingerprint density at radius 3 is 2.85 bits per heavy atom. The van der Waals surface area contributed by atoms with Gasteiger partial charge in [0.25, 0.3) is 0 Å². The van der Waals surface area contributed by atoms with E-state index >= 15 is 0 Å². The van der Waals surface area contributed by atoms with Crippen LogP contribution in [0.15, 0.2) is 36.5 Å². The summed E-state index contributed by atoms with van der Waals surface area (Å²) in [5.74, 6) is 0.156. The van der Waals surface area contributed by atoms with Gasteiger partial charge in [0, 0.05) is 12.7 Å². The Kier molecular flexibility index (Phi) is 3.20. The fourth-order valence-corrected chi connectivity index (χ4v) is 2.27. The molecule has 0 aliphatic rings. The molecule has 0 aliphatic heterocycles. The lowest BCUT2D eigenvalue weighted by Gasteiger charge is -2.07. The quantitative estimate of drug-likeness (QED) is 0.796. The SMILES string of the molecule is Cc1cnc2c(c1)nc(-c1ccccc1F)n2CCO. The predicted molar refractivity (Wildman–Crippen MR) is 74.7 cm³/mol. The lowest BCUT2D eigenvalue weighted by Crippen LogP contribution is -2.05. The number of hydrogen-bond donors (Lipinski definition) is 1. The van der Waals surface area contributed by atoms with E-state index in [0.29, 0.717) is 29.1 Å². The summed E-state index contributed by atoms with van der Waals surface area (Å²) in [7, 11) is 0. The van der Waals surface area contributed by atoms with Gasteiger partial charge < -0.3 is 9.67 Å². The number of aliphatic hydroxyl groups excluding tert-OH is 1. The van der Waals surface area contributed by atoms with E-state index in [4.69, 9.17) is 0 Å². The van der Waals surface area contributed by atoms with Crippen LogP contribution in [0.25, 0.3) is 22.6 Å². The van der Waals surface area contributed by atoms with Crippen molar-refractivity contribution in [1.82, 2.24) is 14.5 Å². The first-order valence-corrected chi connectivity index (χ1v) is 6.39. The van der Waals surface area contributed by atoms with Gasteiger partial charge in [-0.25, -0.2) is 14.4 Å². The van der Waals surface area contributed by atoms with Crippen LogP contribution in [0.5, 0.6) is 0 Å². The van der Waals surface area contributed by atoms with Crippen molar-refractivity contribution in [2.45, 2.75) is 13.5 Å². The standard InChI is InChI=1S/C15H14FN3O/c1-10-8-13-15(17-9-10)19(6-7-20)14(18-13)11-4-2-3-5-12(11)16/h2-5,8-9,20H,6-7H2,1H3. The largest absolute Gasteiger partial charge is 0.395 e. The Bertz CT molecular complexity index is 767. The third-order valence-electron chi connectivity index (χ3n) is 3.16. The maximum atomic E-state index is 14.0. The molecule has 1 aromatic carbocycles. The molecular weight excluding hydrogens is 257 g/mol. The highest BCUT2D eigenvalue weighted by Crippen LogP contribution is 2.26. The first kappa shape index (κ1) is 12.7. The van der Waals surface area contributed by atoms with Crippen molar-refractivity contribution in [2.24, 2.45) is 0 Å². The van der Waals surface area contributed by atoms with Crippen LogP contribution in [0.2, 0.25) is 0 Å². The smallest absolute Gasteiger partial charge is 0.160 e. The van der Waals surface area contributed by atoms with Gasteiger partial charge in [0.1, 0.15) is 17.2 Å². The molecule has 4 nitrogen and oxygen atoms in total. The van der Waals surface area contributed by atoms with Crippen LogP contribution >= 0.6 is 0 Å². The number of aryl methyl sites for hydroxylation is 1. The molecule has 0 radical (unpaired) electrons. The van der Waals surface area contributed by atoms with Crippen molar-refractivity contribution in [3.8, 4) is 11.4 Å². The number of fused-ring (bicyclic) bond motifs is 1. The van der Waals surface area contributed by atoms with Crippen LogP contribution in [-0.2, 0) is 6.54 Å². The zero-order chi connectivity index (χ0) is 14.1. The van der Waals surface area contributed by atoms with E-state index < -0.39 is 0 Å². The number of benzene rings is 1. The van der Waals surface area contributed by atoms with Gasteiger partial charge in [-0.3, -0.25) is 0 Å². The Labute approximate surface area is 115 Å². The van der Waals surface area contributed by atoms with Gasteiger partial charge >= 0.3 is 0 Å². The minimum absolute atomic E-state index is 0.0531. The molecule has 0 amide bonds. The van der Waals surface area contributed by atoms with E-state index in [1.807, 2.05) is 13.0 Å². The van der Waals surface area contributed by atoms with Crippen molar-refractivity contribution < 1.29 is 9.50 Å². The summed E-state index contributed by atoms with van der Waals surface area (Å²) in [5.41, 5.74) is 2.77. The number of nitrogens with zero attached hydrogens (tertiary/aromatic N) is 3. The minimum atomic E-state index is -0.335. The summed E-state index contributed by atoms with van der Waals surface area (Å²) < 4.78 is 15.7. The van der Waals surface area contributed by atoms with Gasteiger partial charge in [-0.15, -0.1) is 0 Å². The molecule has 0 atom stereocenters. The molecule has 0 saturated carbocycles. The zero-order valence-corrected chi connectivity index (χ0v) is 11.0. The number of hydrogen-bond acceptors (Lipinski definition) is 3. The summed E-state index contributed by atoms with van der Waals surface area (Å²) in [6.07, 6.45) is 1.74. The second-order valence-electron chi connectivity index (χ2n) is 4.65. The molecule has 0 bridgehead atoms. The highest BCUT2D eigenvalue weighted by Gasteiger charge is 2.16. The van der Waals surface area contributed by atoms with E-state index in [-0.39, 0.29) is 12.4 Å². The fraction of sp³-hybridized carbons (Fsp3) is 0.200.